The maximum Gasteiger partial charge on any atom is 0.433 e. The van der Waals surface area contributed by atoms with E-state index in [1.807, 2.05) is 6.92 Å². The van der Waals surface area contributed by atoms with Gasteiger partial charge >= 0.3 is 6.18 Å². The van der Waals surface area contributed by atoms with Crippen LogP contribution in [0.3, 0.4) is 0 Å². The fraction of sp³-hybridized carbons (Fsp3) is 0.500. The smallest absolute Gasteiger partial charge is 0.433 e. The van der Waals surface area contributed by atoms with Gasteiger partial charge in [-0.05, 0) is 39.0 Å². The molecule has 0 radical (unpaired) electrons. The summed E-state index contributed by atoms with van der Waals surface area (Å²) < 4.78 is 63.2. The summed E-state index contributed by atoms with van der Waals surface area (Å²) in [5.74, 6) is -1.05. The van der Waals surface area contributed by atoms with E-state index < -0.39 is 42.1 Å². The van der Waals surface area contributed by atoms with E-state index in [-0.39, 0.29) is 12.0 Å². The van der Waals surface area contributed by atoms with Gasteiger partial charge in [-0.15, -0.1) is 0 Å². The van der Waals surface area contributed by atoms with Crippen LogP contribution in [-0.2, 0) is 20.4 Å². The molecule has 0 N–H and O–H groups in total. The van der Waals surface area contributed by atoms with Gasteiger partial charge in [0, 0.05) is 12.3 Å². The predicted molar refractivity (Wildman–Crippen MR) is 95.0 cm³/mol. The Bertz CT molecular complexity index is 862. The maximum atomic E-state index is 13.1. The molecule has 0 bridgehead atoms. The molecule has 4 rings (SSSR count). The molecule has 0 amide bonds. The van der Waals surface area contributed by atoms with Gasteiger partial charge in [0.15, 0.2) is 11.9 Å². The summed E-state index contributed by atoms with van der Waals surface area (Å²) in [6.07, 6.45) is -5.77. The highest BCUT2D eigenvalue weighted by Gasteiger charge is 2.56. The van der Waals surface area contributed by atoms with Gasteiger partial charge in [-0.3, -0.25) is 4.98 Å². The lowest BCUT2D eigenvalue weighted by atomic mass is 9.93. The second kappa shape index (κ2) is 7.23. The molecule has 0 unspecified atom stereocenters. The Morgan fingerprint density at radius 1 is 1.03 bits per heavy atom. The van der Waals surface area contributed by atoms with Crippen LogP contribution >= 0.6 is 0 Å². The highest BCUT2D eigenvalue weighted by Crippen LogP contribution is 2.43. The number of pyridine rings is 2. The molecule has 9 heteroatoms. The zero-order chi connectivity index (χ0) is 20.8. The Kier molecular flexibility index (Phi) is 5.00. The fourth-order valence-corrected chi connectivity index (χ4v) is 3.68. The molecule has 0 aliphatic carbocycles. The minimum absolute atomic E-state index is 0.170. The minimum atomic E-state index is -4.57. The summed E-state index contributed by atoms with van der Waals surface area (Å²) in [7, 11) is 0. The van der Waals surface area contributed by atoms with E-state index in [1.54, 1.807) is 38.2 Å². The first-order valence-electron chi connectivity index (χ1n) is 9.27. The molecular weight excluding hydrogens is 389 g/mol. The van der Waals surface area contributed by atoms with Gasteiger partial charge in [-0.1, -0.05) is 12.1 Å². The van der Waals surface area contributed by atoms with E-state index >= 15 is 0 Å². The molecule has 2 fully saturated rings. The van der Waals surface area contributed by atoms with Gasteiger partial charge in [-0.2, -0.15) is 13.2 Å². The summed E-state index contributed by atoms with van der Waals surface area (Å²) in [6, 6.07) is 8.86. The van der Waals surface area contributed by atoms with Crippen molar-refractivity contribution in [2.45, 2.75) is 63.3 Å². The Morgan fingerprint density at radius 3 is 2.48 bits per heavy atom. The zero-order valence-corrected chi connectivity index (χ0v) is 16.1. The second-order valence-electron chi connectivity index (χ2n) is 7.52. The van der Waals surface area contributed by atoms with E-state index in [1.165, 1.54) is 12.1 Å². The van der Waals surface area contributed by atoms with Crippen LogP contribution in [0.4, 0.5) is 13.2 Å². The van der Waals surface area contributed by atoms with Gasteiger partial charge in [-0.25, -0.2) is 4.98 Å². The third kappa shape index (κ3) is 4.08. The Hall–Kier alpha value is -2.23. The Morgan fingerprint density at radius 2 is 1.79 bits per heavy atom. The first-order chi connectivity index (χ1) is 13.6. The normalized spacial score (nSPS) is 31.3. The lowest BCUT2D eigenvalue weighted by molar-refractivity contribution is -0.178. The number of fused-ring (bicyclic) bond motifs is 1. The molecule has 5 atom stereocenters. The average Bonchev–Trinajstić information content (AvgIpc) is 3.00. The molecule has 2 saturated heterocycles. The molecule has 2 aliphatic heterocycles. The van der Waals surface area contributed by atoms with Crippen LogP contribution in [0.15, 0.2) is 42.6 Å². The Labute approximate surface area is 166 Å². The quantitative estimate of drug-likeness (QED) is 0.764. The lowest BCUT2D eigenvalue weighted by Crippen LogP contribution is -2.54. The number of rotatable bonds is 3. The van der Waals surface area contributed by atoms with Gasteiger partial charge < -0.3 is 18.9 Å². The van der Waals surface area contributed by atoms with Crippen LogP contribution in [0, 0.1) is 0 Å². The summed E-state index contributed by atoms with van der Waals surface area (Å²) in [6.45, 7) is 5.40. The van der Waals surface area contributed by atoms with Crippen LogP contribution in [0.5, 0.6) is 5.88 Å². The number of aromatic nitrogens is 2. The molecule has 29 heavy (non-hydrogen) atoms. The number of alkyl halides is 3. The highest BCUT2D eigenvalue weighted by molar-refractivity contribution is 5.20. The van der Waals surface area contributed by atoms with E-state index in [4.69, 9.17) is 18.9 Å². The predicted octanol–water partition coefficient (Wildman–Crippen LogP) is 3.92. The molecule has 2 aromatic rings. The number of hydrogen-bond donors (Lipinski definition) is 0. The molecule has 2 aliphatic rings. The first-order valence-corrected chi connectivity index (χ1v) is 9.27. The van der Waals surface area contributed by atoms with Crippen molar-refractivity contribution in [3.8, 4) is 5.88 Å². The van der Waals surface area contributed by atoms with Gasteiger partial charge in [0.2, 0.25) is 5.88 Å². The lowest BCUT2D eigenvalue weighted by Gasteiger charge is -2.40. The summed E-state index contributed by atoms with van der Waals surface area (Å²) in [5.41, 5.74) is -0.446. The minimum Gasteiger partial charge on any atom is -0.468 e. The number of halogens is 3. The number of nitrogens with zero attached hydrogens (tertiary/aromatic N) is 2. The average molecular weight is 410 g/mol. The SMILES string of the molecule is C[C@H]1O[C@@H](c2ccccn2)[C@H](Oc2cccc(C(F)(F)F)n2)[C@H]2OC(C)(C)O[C@H]21. The standard InChI is InChI=1S/C20H21F3N2O4/c1-11-15-18(29-19(2,3)28-15)17(16(26-11)12-7-4-5-10-24-12)27-14-9-6-8-13(25-14)20(21,22)23/h4-11,15-18H,1-3H3/t11-,15+,16+,17+,18+/m1/s1. The molecule has 156 valence electrons. The van der Waals surface area contributed by atoms with Crippen LogP contribution in [0.25, 0.3) is 0 Å². The molecule has 4 heterocycles. The zero-order valence-electron chi connectivity index (χ0n) is 16.1. The molecule has 0 spiro atoms. The van der Waals surface area contributed by atoms with Crippen molar-refractivity contribution in [1.29, 1.82) is 0 Å². The van der Waals surface area contributed by atoms with E-state index in [2.05, 4.69) is 9.97 Å². The Balaban J connectivity index is 1.70. The van der Waals surface area contributed by atoms with Crippen molar-refractivity contribution < 1.29 is 32.1 Å². The first kappa shape index (κ1) is 20.1. The van der Waals surface area contributed by atoms with Gasteiger partial charge in [0.1, 0.15) is 24.0 Å². The summed E-state index contributed by atoms with van der Waals surface area (Å²) in [5, 5.41) is 0. The molecule has 2 aromatic heterocycles. The maximum absolute atomic E-state index is 13.1. The van der Waals surface area contributed by atoms with Crippen molar-refractivity contribution >= 4 is 0 Å². The second-order valence-corrected chi connectivity index (χ2v) is 7.52. The van der Waals surface area contributed by atoms with E-state index in [0.29, 0.717) is 5.69 Å². The van der Waals surface area contributed by atoms with Crippen molar-refractivity contribution in [3.05, 3.63) is 54.0 Å². The highest BCUT2D eigenvalue weighted by atomic mass is 19.4. The van der Waals surface area contributed by atoms with Crippen LogP contribution < -0.4 is 4.74 Å². The molecule has 0 aromatic carbocycles. The van der Waals surface area contributed by atoms with E-state index in [0.717, 1.165) is 6.07 Å². The number of ether oxygens (including phenoxy) is 4. The van der Waals surface area contributed by atoms with Crippen molar-refractivity contribution in [1.82, 2.24) is 9.97 Å². The van der Waals surface area contributed by atoms with Crippen molar-refractivity contribution in [2.24, 2.45) is 0 Å². The van der Waals surface area contributed by atoms with Crippen molar-refractivity contribution in [3.63, 3.8) is 0 Å². The largest absolute Gasteiger partial charge is 0.468 e. The van der Waals surface area contributed by atoms with Crippen LogP contribution in [-0.4, -0.2) is 40.2 Å². The fourth-order valence-electron chi connectivity index (χ4n) is 3.68. The van der Waals surface area contributed by atoms with Crippen LogP contribution in [0.2, 0.25) is 0 Å². The summed E-state index contributed by atoms with van der Waals surface area (Å²) in [4.78, 5) is 7.95. The van der Waals surface area contributed by atoms with Crippen LogP contribution in [0.1, 0.15) is 38.3 Å². The number of hydrogen-bond acceptors (Lipinski definition) is 6. The van der Waals surface area contributed by atoms with E-state index in [9.17, 15) is 13.2 Å². The van der Waals surface area contributed by atoms with Gasteiger partial charge in [0.05, 0.1) is 11.8 Å². The third-order valence-electron chi connectivity index (χ3n) is 4.86. The van der Waals surface area contributed by atoms with Crippen molar-refractivity contribution in [2.75, 3.05) is 0 Å². The summed E-state index contributed by atoms with van der Waals surface area (Å²) >= 11 is 0. The monoisotopic (exact) mass is 410 g/mol. The third-order valence-corrected chi connectivity index (χ3v) is 4.86. The molecule has 0 saturated carbocycles. The molecule has 6 nitrogen and oxygen atoms in total. The van der Waals surface area contributed by atoms with Gasteiger partial charge in [0.25, 0.3) is 0 Å². The topological polar surface area (TPSA) is 62.7 Å². The molecular formula is C20H21F3N2O4.